The number of rotatable bonds is 3. The lowest BCUT2D eigenvalue weighted by Gasteiger charge is -2.09. The Balaban J connectivity index is 2.20. The van der Waals surface area contributed by atoms with Crippen LogP contribution in [0.1, 0.15) is 11.1 Å². The second-order valence-electron chi connectivity index (χ2n) is 4.26. The second-order valence-corrected chi connectivity index (χ2v) is 5.04. The summed E-state index contributed by atoms with van der Waals surface area (Å²) in [4.78, 5) is 12.0. The number of halogens is 3. The van der Waals surface area contributed by atoms with Crippen molar-refractivity contribution in [2.45, 2.75) is 6.18 Å². The molecular weight excluding hydrogens is 313 g/mol. The first-order valence-electron chi connectivity index (χ1n) is 6.03. The number of nitriles is 1. The van der Waals surface area contributed by atoms with Gasteiger partial charge in [-0.2, -0.15) is 29.8 Å². The van der Waals surface area contributed by atoms with Crippen molar-refractivity contribution < 1.29 is 18.0 Å². The van der Waals surface area contributed by atoms with Gasteiger partial charge in [0.2, 0.25) is 0 Å². The van der Waals surface area contributed by atoms with Crippen LogP contribution in [0.2, 0.25) is 0 Å². The van der Waals surface area contributed by atoms with Gasteiger partial charge in [-0.25, -0.2) is 0 Å². The van der Waals surface area contributed by atoms with Gasteiger partial charge in [-0.05, 0) is 46.7 Å². The summed E-state index contributed by atoms with van der Waals surface area (Å²) in [6.07, 6.45) is -3.12. The van der Waals surface area contributed by atoms with Crippen LogP contribution >= 0.6 is 11.3 Å². The monoisotopic (exact) mass is 322 g/mol. The molecule has 7 heteroatoms. The first kappa shape index (κ1) is 15.8. The number of nitrogens with zero attached hydrogens (tertiary/aromatic N) is 1. The third-order valence-electron chi connectivity index (χ3n) is 2.67. The van der Waals surface area contributed by atoms with Crippen LogP contribution in [-0.4, -0.2) is 5.91 Å². The highest BCUT2D eigenvalue weighted by Gasteiger charge is 2.30. The Bertz CT molecular complexity index is 743. The molecular formula is C15H9F3N2OS. The highest BCUT2D eigenvalue weighted by atomic mass is 32.1. The minimum absolute atomic E-state index is 0.0220. The SMILES string of the molecule is N#C/C(=C\c1ccsc1)C(=O)Nc1cccc(C(F)(F)F)c1. The molecule has 0 spiro atoms. The number of anilines is 1. The molecule has 0 saturated heterocycles. The molecule has 0 fully saturated rings. The first-order chi connectivity index (χ1) is 10.4. The third kappa shape index (κ3) is 3.96. The average Bonchev–Trinajstić information content (AvgIpc) is 2.97. The van der Waals surface area contributed by atoms with Crippen molar-refractivity contribution in [1.82, 2.24) is 0 Å². The zero-order valence-corrected chi connectivity index (χ0v) is 11.8. The molecule has 0 atom stereocenters. The molecule has 3 nitrogen and oxygen atoms in total. The zero-order chi connectivity index (χ0) is 16.2. The van der Waals surface area contributed by atoms with E-state index in [1.807, 2.05) is 0 Å². The van der Waals surface area contributed by atoms with Gasteiger partial charge in [0.05, 0.1) is 5.56 Å². The summed E-state index contributed by atoms with van der Waals surface area (Å²) >= 11 is 1.40. The lowest BCUT2D eigenvalue weighted by atomic mass is 10.1. The lowest BCUT2D eigenvalue weighted by molar-refractivity contribution is -0.137. The largest absolute Gasteiger partial charge is 0.416 e. The van der Waals surface area contributed by atoms with Gasteiger partial charge < -0.3 is 5.32 Å². The van der Waals surface area contributed by atoms with Gasteiger partial charge in [-0.1, -0.05) is 6.07 Å². The van der Waals surface area contributed by atoms with Crippen molar-refractivity contribution in [1.29, 1.82) is 5.26 Å². The van der Waals surface area contributed by atoms with Crippen LogP contribution in [0.25, 0.3) is 6.08 Å². The predicted octanol–water partition coefficient (Wildman–Crippen LogP) is 4.31. The quantitative estimate of drug-likeness (QED) is 0.676. The normalized spacial score (nSPS) is 11.8. The Morgan fingerprint density at radius 1 is 1.32 bits per heavy atom. The molecule has 0 saturated carbocycles. The Morgan fingerprint density at radius 2 is 2.09 bits per heavy atom. The number of carbonyl (C=O) groups excluding carboxylic acids is 1. The van der Waals surface area contributed by atoms with Gasteiger partial charge in [-0.3, -0.25) is 4.79 Å². The van der Waals surface area contributed by atoms with Crippen molar-refractivity contribution in [3.05, 3.63) is 57.8 Å². The minimum Gasteiger partial charge on any atom is -0.321 e. The summed E-state index contributed by atoms with van der Waals surface area (Å²) < 4.78 is 37.8. The summed E-state index contributed by atoms with van der Waals surface area (Å²) in [6.45, 7) is 0. The van der Waals surface area contributed by atoms with E-state index >= 15 is 0 Å². The molecule has 1 heterocycles. The van der Waals surface area contributed by atoms with Crippen LogP contribution in [0, 0.1) is 11.3 Å². The number of benzene rings is 1. The summed E-state index contributed by atoms with van der Waals surface area (Å²) in [5.74, 6) is -0.756. The fourth-order valence-electron chi connectivity index (χ4n) is 1.64. The van der Waals surface area contributed by atoms with E-state index in [0.29, 0.717) is 5.56 Å². The third-order valence-corrected chi connectivity index (χ3v) is 3.37. The van der Waals surface area contributed by atoms with Gasteiger partial charge in [0.25, 0.3) is 5.91 Å². The van der Waals surface area contributed by atoms with Gasteiger partial charge in [-0.15, -0.1) is 0 Å². The Morgan fingerprint density at radius 3 is 2.68 bits per heavy atom. The van der Waals surface area contributed by atoms with E-state index in [1.165, 1.54) is 29.5 Å². The van der Waals surface area contributed by atoms with Crippen molar-refractivity contribution >= 4 is 29.0 Å². The number of amides is 1. The van der Waals surface area contributed by atoms with Crippen LogP contribution in [0.15, 0.2) is 46.7 Å². The van der Waals surface area contributed by atoms with Crippen molar-refractivity contribution in [2.24, 2.45) is 0 Å². The van der Waals surface area contributed by atoms with Crippen molar-refractivity contribution in [2.75, 3.05) is 5.32 Å². The number of alkyl halides is 3. The molecule has 0 aliphatic heterocycles. The molecule has 0 unspecified atom stereocenters. The first-order valence-corrected chi connectivity index (χ1v) is 6.97. The van der Waals surface area contributed by atoms with E-state index in [0.717, 1.165) is 12.1 Å². The molecule has 1 aromatic heterocycles. The fraction of sp³-hybridized carbons (Fsp3) is 0.0667. The Hall–Kier alpha value is -2.59. The van der Waals surface area contributed by atoms with E-state index in [2.05, 4.69) is 5.32 Å². The van der Waals surface area contributed by atoms with E-state index in [-0.39, 0.29) is 11.3 Å². The van der Waals surface area contributed by atoms with Crippen LogP contribution in [0.4, 0.5) is 18.9 Å². The summed E-state index contributed by atoms with van der Waals surface area (Å²) in [6, 6.07) is 7.69. The number of carbonyl (C=O) groups is 1. The number of nitrogens with one attached hydrogen (secondary N) is 1. The number of thiophene rings is 1. The fourth-order valence-corrected chi connectivity index (χ4v) is 2.26. The molecule has 2 rings (SSSR count). The summed E-state index contributed by atoms with van der Waals surface area (Å²) in [5.41, 5.74) is -0.395. The maximum Gasteiger partial charge on any atom is 0.416 e. The number of hydrogen-bond acceptors (Lipinski definition) is 3. The highest BCUT2D eigenvalue weighted by Crippen LogP contribution is 2.30. The predicted molar refractivity (Wildman–Crippen MR) is 78.0 cm³/mol. The summed E-state index contributed by atoms with van der Waals surface area (Å²) in [5, 5.41) is 14.8. The maximum absolute atomic E-state index is 12.6. The van der Waals surface area contributed by atoms with E-state index < -0.39 is 17.6 Å². The van der Waals surface area contributed by atoms with Gasteiger partial charge in [0, 0.05) is 5.69 Å². The van der Waals surface area contributed by atoms with E-state index in [4.69, 9.17) is 5.26 Å². The Labute approximate surface area is 128 Å². The molecule has 1 aromatic carbocycles. The molecule has 2 aromatic rings. The molecule has 0 aliphatic carbocycles. The lowest BCUT2D eigenvalue weighted by Crippen LogP contribution is -2.14. The van der Waals surface area contributed by atoms with Crippen molar-refractivity contribution in [3.63, 3.8) is 0 Å². The molecule has 22 heavy (non-hydrogen) atoms. The molecule has 112 valence electrons. The zero-order valence-electron chi connectivity index (χ0n) is 11.0. The van der Waals surface area contributed by atoms with Crippen molar-refractivity contribution in [3.8, 4) is 6.07 Å². The van der Waals surface area contributed by atoms with Gasteiger partial charge in [0.15, 0.2) is 0 Å². The van der Waals surface area contributed by atoms with Gasteiger partial charge >= 0.3 is 6.18 Å². The molecule has 1 amide bonds. The highest BCUT2D eigenvalue weighted by molar-refractivity contribution is 7.08. The van der Waals surface area contributed by atoms with Gasteiger partial charge in [0.1, 0.15) is 11.6 Å². The number of hydrogen-bond donors (Lipinski definition) is 1. The summed E-state index contributed by atoms with van der Waals surface area (Å²) in [7, 11) is 0. The minimum atomic E-state index is -4.49. The smallest absolute Gasteiger partial charge is 0.321 e. The van der Waals surface area contributed by atoms with E-state index in [9.17, 15) is 18.0 Å². The standard InChI is InChI=1S/C15H9F3N2OS/c16-15(17,18)12-2-1-3-13(7-12)20-14(21)11(8-19)6-10-4-5-22-9-10/h1-7,9H,(H,20,21)/b11-6+. The molecule has 0 bridgehead atoms. The van der Waals surface area contributed by atoms with Crippen LogP contribution in [0.3, 0.4) is 0 Å². The average molecular weight is 322 g/mol. The molecule has 0 radical (unpaired) electrons. The maximum atomic E-state index is 12.6. The second kappa shape index (κ2) is 6.45. The van der Waals surface area contributed by atoms with Crippen LogP contribution < -0.4 is 5.32 Å². The topological polar surface area (TPSA) is 52.9 Å². The Kier molecular flexibility index (Phi) is 4.63. The van der Waals surface area contributed by atoms with E-state index in [1.54, 1.807) is 22.9 Å². The van der Waals surface area contributed by atoms with Crippen LogP contribution in [0.5, 0.6) is 0 Å². The molecule has 1 N–H and O–H groups in total. The van der Waals surface area contributed by atoms with Crippen LogP contribution in [-0.2, 0) is 11.0 Å². The molecule has 0 aliphatic rings.